The SMILES string of the molecule is [C-]#[N+]c1c(-n2c3ccncc3c3cccnc32)c(C#N)c(-n2c3ccncc3c3cccnc32)c(C#N)c1-n1c2ccncc2c2cccnc21. The van der Waals surface area contributed by atoms with Crippen LogP contribution in [-0.2, 0) is 0 Å². The number of nitrogens with zero attached hydrogens (tertiary/aromatic N) is 12. The van der Waals surface area contributed by atoms with Gasteiger partial charge in [-0.25, -0.2) is 19.8 Å². The number of fused-ring (bicyclic) bond motifs is 9. The van der Waals surface area contributed by atoms with Crippen molar-refractivity contribution in [1.82, 2.24) is 43.6 Å². The molecule has 12 nitrogen and oxygen atoms in total. The van der Waals surface area contributed by atoms with E-state index in [-0.39, 0.29) is 33.9 Å². The second kappa shape index (κ2) is 10.5. The van der Waals surface area contributed by atoms with E-state index in [1.165, 1.54) is 0 Å². The van der Waals surface area contributed by atoms with Crippen molar-refractivity contribution in [3.8, 4) is 29.2 Å². The molecule has 0 spiro atoms. The van der Waals surface area contributed by atoms with Crippen LogP contribution in [0.3, 0.4) is 0 Å². The highest BCUT2D eigenvalue weighted by Crippen LogP contribution is 2.47. The molecule has 0 aliphatic carbocycles. The van der Waals surface area contributed by atoms with Gasteiger partial charge in [-0.05, 0) is 54.6 Å². The smallest absolute Gasteiger partial charge is 0.236 e. The molecule has 0 amide bonds. The second-order valence-corrected chi connectivity index (χ2v) is 11.8. The largest absolute Gasteiger partial charge is 0.302 e. The summed E-state index contributed by atoms with van der Waals surface area (Å²) in [4.78, 5) is 31.7. The molecule has 0 atom stereocenters. The third-order valence-electron chi connectivity index (χ3n) is 9.38. The van der Waals surface area contributed by atoms with Gasteiger partial charge in [-0.15, -0.1) is 0 Å². The first kappa shape index (κ1) is 28.0. The van der Waals surface area contributed by atoms with Crippen molar-refractivity contribution in [3.63, 3.8) is 0 Å². The van der Waals surface area contributed by atoms with E-state index < -0.39 is 0 Å². The van der Waals surface area contributed by atoms with Gasteiger partial charge in [-0.1, -0.05) is 0 Å². The van der Waals surface area contributed by atoms with Crippen molar-refractivity contribution in [1.29, 1.82) is 10.5 Å². The van der Waals surface area contributed by atoms with Gasteiger partial charge in [0.05, 0.1) is 51.3 Å². The fraction of sp³-hybridized carbons (Fsp3) is 0. The number of rotatable bonds is 3. The summed E-state index contributed by atoms with van der Waals surface area (Å²) in [6.45, 7) is 8.80. The predicted molar refractivity (Wildman–Crippen MR) is 192 cm³/mol. The van der Waals surface area contributed by atoms with E-state index in [1.807, 2.05) is 68.3 Å². The Bertz CT molecular complexity index is 2730. The lowest BCUT2D eigenvalue weighted by Gasteiger charge is -2.22. The summed E-state index contributed by atoms with van der Waals surface area (Å²) in [5.74, 6) is 0. The number of hydrogen-bond donors (Lipinski definition) is 0. The molecule has 0 saturated heterocycles. The Hall–Kier alpha value is -8.01. The molecule has 234 valence electrons. The van der Waals surface area contributed by atoms with Gasteiger partial charge in [-0.3, -0.25) is 19.5 Å². The Labute approximate surface area is 287 Å². The lowest BCUT2D eigenvalue weighted by Crippen LogP contribution is -2.12. The predicted octanol–water partition coefficient (Wildman–Crippen LogP) is 7.64. The average molecular weight is 655 g/mol. The summed E-state index contributed by atoms with van der Waals surface area (Å²) in [5, 5.41) is 27.4. The third-order valence-corrected chi connectivity index (χ3v) is 9.38. The number of nitriles is 2. The van der Waals surface area contributed by atoms with Crippen LogP contribution < -0.4 is 0 Å². The van der Waals surface area contributed by atoms with E-state index in [2.05, 4.69) is 31.9 Å². The minimum Gasteiger partial charge on any atom is -0.302 e. The Morgan fingerprint density at radius 3 is 1.22 bits per heavy atom. The molecule has 9 heterocycles. The van der Waals surface area contributed by atoms with Crippen LogP contribution in [0.4, 0.5) is 5.69 Å². The Balaban J connectivity index is 1.53. The molecule has 0 aliphatic rings. The van der Waals surface area contributed by atoms with Gasteiger partial charge in [0.1, 0.15) is 29.1 Å². The third kappa shape index (κ3) is 3.63. The molecule has 10 rings (SSSR count). The first-order valence-electron chi connectivity index (χ1n) is 15.7. The number of pyridine rings is 6. The molecule has 1 aromatic carbocycles. The molecule has 10 aromatic rings. The maximum Gasteiger partial charge on any atom is 0.236 e. The highest BCUT2D eigenvalue weighted by atomic mass is 15.1. The zero-order chi connectivity index (χ0) is 34.2. The van der Waals surface area contributed by atoms with Crippen molar-refractivity contribution in [2.45, 2.75) is 0 Å². The highest BCUT2D eigenvalue weighted by Gasteiger charge is 2.33. The van der Waals surface area contributed by atoms with Crippen molar-refractivity contribution < 1.29 is 0 Å². The monoisotopic (exact) mass is 654 g/mol. The zero-order valence-electron chi connectivity index (χ0n) is 26.3. The van der Waals surface area contributed by atoms with E-state index in [0.29, 0.717) is 33.5 Å². The number of benzene rings is 1. The van der Waals surface area contributed by atoms with Crippen LogP contribution in [0.25, 0.3) is 87.7 Å². The lowest BCUT2D eigenvalue weighted by atomic mass is 9.99. The first-order chi connectivity index (χ1) is 25.2. The lowest BCUT2D eigenvalue weighted by molar-refractivity contribution is 1.05. The number of aromatic nitrogens is 9. The van der Waals surface area contributed by atoms with Crippen LogP contribution in [0.15, 0.2) is 110 Å². The highest BCUT2D eigenvalue weighted by molar-refractivity contribution is 6.12. The van der Waals surface area contributed by atoms with Crippen LogP contribution in [0.5, 0.6) is 0 Å². The summed E-state index contributed by atoms with van der Waals surface area (Å²) in [6, 6.07) is 21.7. The van der Waals surface area contributed by atoms with Crippen LogP contribution in [0, 0.1) is 29.2 Å². The summed E-state index contributed by atoms with van der Waals surface area (Å²) < 4.78 is 5.49. The van der Waals surface area contributed by atoms with Gasteiger partial charge >= 0.3 is 0 Å². The second-order valence-electron chi connectivity index (χ2n) is 11.8. The van der Waals surface area contributed by atoms with Crippen LogP contribution in [0.2, 0.25) is 0 Å². The van der Waals surface area contributed by atoms with E-state index in [1.54, 1.807) is 55.8 Å². The summed E-state index contributed by atoms with van der Waals surface area (Å²) >= 11 is 0. The van der Waals surface area contributed by atoms with Crippen LogP contribution >= 0.6 is 0 Å². The van der Waals surface area contributed by atoms with E-state index >= 15 is 0 Å². The van der Waals surface area contributed by atoms with Gasteiger partial charge < -0.3 is 9.13 Å². The molecular weight excluding hydrogens is 637 g/mol. The standard InChI is InChI=1S/C39H18N12/c1-42-33-35(50-31-9-15-44-20-28(31)23-6-3-12-47-38(23)50)25(17-40)34(49-30-8-14-43-19-27(30)22-5-2-11-46-37(22)49)26(18-41)36(33)51-32-10-16-45-21-29(32)24-7-4-13-48-39(24)51/h2-16,19-21H. The summed E-state index contributed by atoms with van der Waals surface area (Å²) in [5.41, 5.74) is 4.71. The normalized spacial score (nSPS) is 11.5. The van der Waals surface area contributed by atoms with Crippen LogP contribution in [-0.4, -0.2) is 43.6 Å². The molecule has 0 unspecified atom stereocenters. The van der Waals surface area contributed by atoms with E-state index in [0.717, 1.165) is 32.3 Å². The van der Waals surface area contributed by atoms with Gasteiger partial charge in [0.25, 0.3) is 0 Å². The average Bonchev–Trinajstić information content (AvgIpc) is 3.82. The number of hydrogen-bond acceptors (Lipinski definition) is 8. The Morgan fingerprint density at radius 2 is 0.863 bits per heavy atom. The Kier molecular flexibility index (Phi) is 5.77. The van der Waals surface area contributed by atoms with Crippen molar-refractivity contribution >= 4 is 71.5 Å². The topological polar surface area (TPSA) is 144 Å². The Morgan fingerprint density at radius 1 is 0.490 bits per heavy atom. The molecule has 0 radical (unpaired) electrons. The van der Waals surface area contributed by atoms with Crippen LogP contribution in [0.1, 0.15) is 11.1 Å². The molecule has 51 heavy (non-hydrogen) atoms. The molecule has 0 aliphatic heterocycles. The maximum atomic E-state index is 11.3. The molecule has 0 fully saturated rings. The molecule has 0 bridgehead atoms. The molecule has 0 saturated carbocycles. The van der Waals surface area contributed by atoms with Crippen molar-refractivity contribution in [2.75, 3.05) is 0 Å². The van der Waals surface area contributed by atoms with Gasteiger partial charge in [0.2, 0.25) is 5.69 Å². The van der Waals surface area contributed by atoms with Gasteiger partial charge in [0, 0.05) is 88.1 Å². The maximum absolute atomic E-state index is 11.3. The molecule has 0 N–H and O–H groups in total. The van der Waals surface area contributed by atoms with E-state index in [9.17, 15) is 10.5 Å². The zero-order valence-corrected chi connectivity index (χ0v) is 26.3. The van der Waals surface area contributed by atoms with E-state index in [4.69, 9.17) is 21.5 Å². The quantitative estimate of drug-likeness (QED) is 0.177. The molecule has 9 aromatic heterocycles. The van der Waals surface area contributed by atoms with Crippen molar-refractivity contribution in [3.05, 3.63) is 133 Å². The first-order valence-corrected chi connectivity index (χ1v) is 15.7. The minimum atomic E-state index is 0.0739. The minimum absolute atomic E-state index is 0.0739. The van der Waals surface area contributed by atoms with Crippen molar-refractivity contribution in [2.24, 2.45) is 0 Å². The summed E-state index contributed by atoms with van der Waals surface area (Å²) in [7, 11) is 0. The molecule has 12 heteroatoms. The summed E-state index contributed by atoms with van der Waals surface area (Å²) in [6.07, 6.45) is 15.3. The fourth-order valence-electron chi connectivity index (χ4n) is 7.42. The molecular formula is C39H18N12. The fourth-order valence-corrected chi connectivity index (χ4v) is 7.42. The van der Waals surface area contributed by atoms with Gasteiger partial charge in [0.15, 0.2) is 0 Å². The van der Waals surface area contributed by atoms with Gasteiger partial charge in [-0.2, -0.15) is 10.5 Å².